The van der Waals surface area contributed by atoms with Gasteiger partial charge in [-0.1, -0.05) is 12.5 Å². The van der Waals surface area contributed by atoms with Gasteiger partial charge >= 0.3 is 0 Å². The molecular weight excluding hydrogens is 396 g/mol. The van der Waals surface area contributed by atoms with E-state index in [1.54, 1.807) is 4.90 Å². The van der Waals surface area contributed by atoms with Crippen molar-refractivity contribution in [1.29, 1.82) is 0 Å². The lowest BCUT2D eigenvalue weighted by molar-refractivity contribution is -0.122. The lowest BCUT2D eigenvalue weighted by atomic mass is 10.1. The number of aryl methyl sites for hydroxylation is 2. The molecule has 2 fully saturated rings. The maximum absolute atomic E-state index is 12.8. The number of hydrogen-bond acceptors (Lipinski definition) is 5. The number of nitrogens with one attached hydrogen (secondary N) is 1. The number of rotatable bonds is 5. The fraction of sp³-hybridized carbons (Fsp3) is 0.522. The molecule has 2 amide bonds. The predicted octanol–water partition coefficient (Wildman–Crippen LogP) is 3.61. The van der Waals surface area contributed by atoms with Crippen LogP contribution in [0.2, 0.25) is 0 Å². The maximum atomic E-state index is 12.8. The summed E-state index contributed by atoms with van der Waals surface area (Å²) in [6.45, 7) is 3.54. The SMILES string of the molecule is O=C(Nc1nc(CN2CCCCC2)cs1)[C@@H]1CC(=O)N(c2ccc3c(c2)CCC3)C1. The summed E-state index contributed by atoms with van der Waals surface area (Å²) in [5, 5.41) is 5.61. The van der Waals surface area contributed by atoms with Crippen molar-refractivity contribution in [1.82, 2.24) is 9.88 Å². The van der Waals surface area contributed by atoms with Crippen LogP contribution >= 0.6 is 11.3 Å². The first kappa shape index (κ1) is 19.7. The minimum Gasteiger partial charge on any atom is -0.312 e. The number of carbonyl (C=O) groups is 2. The fourth-order valence-corrected chi connectivity index (χ4v) is 5.55. The Kier molecular flexibility index (Phi) is 5.56. The molecule has 2 aromatic rings. The average Bonchev–Trinajstić information content (AvgIpc) is 3.48. The molecule has 5 rings (SSSR count). The van der Waals surface area contributed by atoms with Crippen molar-refractivity contribution in [3.05, 3.63) is 40.4 Å². The molecule has 1 aromatic heterocycles. The quantitative estimate of drug-likeness (QED) is 0.796. The van der Waals surface area contributed by atoms with Crippen LogP contribution in [0.1, 0.15) is 48.9 Å². The molecule has 6 nitrogen and oxygen atoms in total. The van der Waals surface area contributed by atoms with Crippen LogP contribution in [0, 0.1) is 5.92 Å². The molecule has 0 radical (unpaired) electrons. The first-order valence-electron chi connectivity index (χ1n) is 11.1. The summed E-state index contributed by atoms with van der Waals surface area (Å²) < 4.78 is 0. The summed E-state index contributed by atoms with van der Waals surface area (Å²) in [5.41, 5.74) is 4.68. The van der Waals surface area contributed by atoms with E-state index in [1.165, 1.54) is 48.1 Å². The Balaban J connectivity index is 1.19. The molecule has 2 aliphatic heterocycles. The van der Waals surface area contributed by atoms with Gasteiger partial charge in [-0.3, -0.25) is 14.5 Å². The molecule has 3 aliphatic rings. The molecular formula is C23H28N4O2S. The first-order chi connectivity index (χ1) is 14.7. The molecule has 0 unspecified atom stereocenters. The number of amides is 2. The molecule has 1 aromatic carbocycles. The summed E-state index contributed by atoms with van der Waals surface area (Å²) in [5.74, 6) is -0.413. The van der Waals surface area contributed by atoms with Crippen LogP contribution in [0.3, 0.4) is 0 Å². The Hall–Kier alpha value is -2.25. The third-order valence-electron chi connectivity index (χ3n) is 6.51. The van der Waals surface area contributed by atoms with E-state index in [1.807, 2.05) is 11.4 Å². The van der Waals surface area contributed by atoms with Crippen molar-refractivity contribution in [3.63, 3.8) is 0 Å². The maximum Gasteiger partial charge on any atom is 0.231 e. The van der Waals surface area contributed by atoms with E-state index < -0.39 is 0 Å². The molecule has 0 spiro atoms. The van der Waals surface area contributed by atoms with Gasteiger partial charge in [-0.05, 0) is 68.5 Å². The van der Waals surface area contributed by atoms with E-state index in [0.29, 0.717) is 11.7 Å². The van der Waals surface area contributed by atoms with E-state index in [2.05, 4.69) is 27.3 Å². The lowest BCUT2D eigenvalue weighted by Gasteiger charge is -2.25. The number of benzene rings is 1. The molecule has 7 heteroatoms. The number of hydrogen-bond donors (Lipinski definition) is 1. The molecule has 0 bridgehead atoms. The lowest BCUT2D eigenvalue weighted by Crippen LogP contribution is -2.29. The molecule has 1 N–H and O–H groups in total. The average molecular weight is 425 g/mol. The predicted molar refractivity (Wildman–Crippen MR) is 119 cm³/mol. The van der Waals surface area contributed by atoms with E-state index in [-0.39, 0.29) is 24.2 Å². The van der Waals surface area contributed by atoms with Gasteiger partial charge in [0.15, 0.2) is 5.13 Å². The van der Waals surface area contributed by atoms with Crippen LogP contribution in [0.15, 0.2) is 23.6 Å². The number of anilines is 2. The zero-order chi connectivity index (χ0) is 20.5. The zero-order valence-electron chi connectivity index (χ0n) is 17.2. The molecule has 0 saturated carbocycles. The van der Waals surface area contributed by atoms with Gasteiger partial charge in [-0.15, -0.1) is 11.3 Å². The van der Waals surface area contributed by atoms with Gasteiger partial charge in [0.1, 0.15) is 0 Å². The van der Waals surface area contributed by atoms with Crippen molar-refractivity contribution in [3.8, 4) is 0 Å². The standard InChI is InChI=1S/C23H28N4O2S/c28-21-12-18(13-27(21)20-8-7-16-5-4-6-17(16)11-20)22(29)25-23-24-19(15-30-23)14-26-9-2-1-3-10-26/h7-8,11,15,18H,1-6,9-10,12-14H2,(H,24,25,29)/t18-/m1/s1. The molecule has 158 valence electrons. The van der Waals surface area contributed by atoms with Crippen molar-refractivity contribution in [2.24, 2.45) is 5.92 Å². The smallest absolute Gasteiger partial charge is 0.231 e. The Morgan fingerprint density at radius 1 is 1.13 bits per heavy atom. The Bertz CT molecular complexity index is 950. The summed E-state index contributed by atoms with van der Waals surface area (Å²) in [6.07, 6.45) is 7.48. The second-order valence-electron chi connectivity index (χ2n) is 8.68. The largest absolute Gasteiger partial charge is 0.312 e. The van der Waals surface area contributed by atoms with Gasteiger partial charge in [0, 0.05) is 30.6 Å². The minimum absolute atomic E-state index is 0.0259. The van der Waals surface area contributed by atoms with E-state index in [9.17, 15) is 9.59 Å². The molecule has 3 heterocycles. The minimum atomic E-state index is -0.333. The Labute approximate surface area is 181 Å². The van der Waals surface area contributed by atoms with Crippen LogP contribution in [0.25, 0.3) is 0 Å². The highest BCUT2D eigenvalue weighted by atomic mass is 32.1. The topological polar surface area (TPSA) is 65.5 Å². The van der Waals surface area contributed by atoms with Crippen molar-refractivity contribution in [2.45, 2.75) is 51.5 Å². The highest BCUT2D eigenvalue weighted by Crippen LogP contribution is 2.31. The summed E-state index contributed by atoms with van der Waals surface area (Å²) >= 11 is 1.47. The van der Waals surface area contributed by atoms with Gasteiger partial charge in [0.2, 0.25) is 11.8 Å². The summed E-state index contributed by atoms with van der Waals surface area (Å²) in [7, 11) is 0. The highest BCUT2D eigenvalue weighted by molar-refractivity contribution is 7.13. The molecule has 1 atom stereocenters. The van der Waals surface area contributed by atoms with Crippen LogP contribution in [-0.2, 0) is 29.0 Å². The Morgan fingerprint density at radius 2 is 1.97 bits per heavy atom. The van der Waals surface area contributed by atoms with E-state index >= 15 is 0 Å². The number of likely N-dealkylation sites (tertiary alicyclic amines) is 1. The molecule has 2 saturated heterocycles. The zero-order valence-corrected chi connectivity index (χ0v) is 18.0. The van der Waals surface area contributed by atoms with Crippen LogP contribution in [0.4, 0.5) is 10.8 Å². The van der Waals surface area contributed by atoms with E-state index in [4.69, 9.17) is 0 Å². The Morgan fingerprint density at radius 3 is 2.83 bits per heavy atom. The van der Waals surface area contributed by atoms with Crippen LogP contribution in [0.5, 0.6) is 0 Å². The highest BCUT2D eigenvalue weighted by Gasteiger charge is 2.35. The van der Waals surface area contributed by atoms with Gasteiger partial charge in [-0.2, -0.15) is 0 Å². The van der Waals surface area contributed by atoms with Crippen molar-refractivity contribution >= 4 is 34.0 Å². The van der Waals surface area contributed by atoms with Crippen molar-refractivity contribution in [2.75, 3.05) is 29.9 Å². The number of aromatic nitrogens is 1. The van der Waals surface area contributed by atoms with Gasteiger partial charge in [0.05, 0.1) is 11.6 Å². The number of nitrogens with zero attached hydrogens (tertiary/aromatic N) is 3. The summed E-state index contributed by atoms with van der Waals surface area (Å²) in [4.78, 5) is 34.2. The van der Waals surface area contributed by atoms with Crippen molar-refractivity contribution < 1.29 is 9.59 Å². The number of piperidine rings is 1. The normalized spacial score (nSPS) is 21.8. The first-order valence-corrected chi connectivity index (χ1v) is 11.9. The van der Waals surface area contributed by atoms with Gasteiger partial charge in [-0.25, -0.2) is 4.98 Å². The molecule has 30 heavy (non-hydrogen) atoms. The third kappa shape index (κ3) is 4.14. The molecule has 1 aliphatic carbocycles. The van der Waals surface area contributed by atoms with Gasteiger partial charge in [0.25, 0.3) is 0 Å². The second kappa shape index (κ2) is 8.47. The third-order valence-corrected chi connectivity index (χ3v) is 7.31. The van der Waals surface area contributed by atoms with Crippen LogP contribution < -0.4 is 10.2 Å². The number of thiazole rings is 1. The number of fused-ring (bicyclic) bond motifs is 1. The summed E-state index contributed by atoms with van der Waals surface area (Å²) in [6, 6.07) is 6.29. The van der Waals surface area contributed by atoms with Gasteiger partial charge < -0.3 is 10.2 Å². The number of carbonyl (C=O) groups excluding carboxylic acids is 2. The van der Waals surface area contributed by atoms with Crippen LogP contribution in [-0.4, -0.2) is 41.3 Å². The second-order valence-corrected chi connectivity index (χ2v) is 9.54. The van der Waals surface area contributed by atoms with E-state index in [0.717, 1.165) is 43.9 Å². The fourth-order valence-electron chi connectivity index (χ4n) is 4.85. The monoisotopic (exact) mass is 424 g/mol.